The molecule has 0 aromatic heterocycles. The quantitative estimate of drug-likeness (QED) is 0.622. The minimum Gasteiger partial charge on any atom is -0.397 e. The molecule has 0 radical (unpaired) electrons. The number of nitrogen functional groups attached to an aromatic ring is 1. The van der Waals surface area contributed by atoms with E-state index in [0.717, 1.165) is 25.1 Å². The molecular weight excluding hydrogens is 310 g/mol. The van der Waals surface area contributed by atoms with Crippen molar-refractivity contribution in [1.29, 1.82) is 0 Å². The standard InChI is InChI=1S/C21H27N3O/c1-16-9-11-17(12-10-16)21(24-13-5-2-6-14-24)20(15-25)23-19-8-4-3-7-18(19)22/h3-4,7-12,15,20-21,23H,2,5-6,13-14,22H2,1H3. The molecule has 1 heterocycles. The van der Waals surface area contributed by atoms with E-state index in [4.69, 9.17) is 5.73 Å². The molecular formula is C21H27N3O. The number of anilines is 2. The maximum Gasteiger partial charge on any atom is 0.144 e. The lowest BCUT2D eigenvalue weighted by Gasteiger charge is -2.38. The fourth-order valence-electron chi connectivity index (χ4n) is 3.60. The molecule has 25 heavy (non-hydrogen) atoms. The normalized spacial score (nSPS) is 17.6. The Morgan fingerprint density at radius 3 is 2.36 bits per heavy atom. The van der Waals surface area contributed by atoms with E-state index in [0.29, 0.717) is 5.69 Å². The van der Waals surface area contributed by atoms with Gasteiger partial charge in [0.1, 0.15) is 12.3 Å². The van der Waals surface area contributed by atoms with Gasteiger partial charge in [0.2, 0.25) is 0 Å². The van der Waals surface area contributed by atoms with Crippen LogP contribution in [0.2, 0.25) is 0 Å². The first kappa shape index (κ1) is 17.5. The lowest BCUT2D eigenvalue weighted by molar-refractivity contribution is -0.109. The van der Waals surface area contributed by atoms with Gasteiger partial charge in [0.05, 0.1) is 17.4 Å². The van der Waals surface area contributed by atoms with Gasteiger partial charge < -0.3 is 15.8 Å². The molecule has 0 saturated carbocycles. The van der Waals surface area contributed by atoms with Gasteiger partial charge in [0.25, 0.3) is 0 Å². The monoisotopic (exact) mass is 337 g/mol. The highest BCUT2D eigenvalue weighted by atomic mass is 16.1. The van der Waals surface area contributed by atoms with Crippen molar-refractivity contribution in [1.82, 2.24) is 4.90 Å². The van der Waals surface area contributed by atoms with Crippen LogP contribution in [0.4, 0.5) is 11.4 Å². The van der Waals surface area contributed by atoms with Crippen LogP contribution < -0.4 is 11.1 Å². The summed E-state index contributed by atoms with van der Waals surface area (Å²) < 4.78 is 0. The number of rotatable bonds is 6. The number of nitrogens with zero attached hydrogens (tertiary/aromatic N) is 1. The smallest absolute Gasteiger partial charge is 0.144 e. The predicted octanol–water partition coefficient (Wildman–Crippen LogP) is 3.78. The van der Waals surface area contributed by atoms with Gasteiger partial charge in [0, 0.05) is 0 Å². The Balaban J connectivity index is 1.91. The number of nitrogens with two attached hydrogens (primary N) is 1. The lowest BCUT2D eigenvalue weighted by Crippen LogP contribution is -2.43. The Morgan fingerprint density at radius 2 is 1.72 bits per heavy atom. The number of piperidine rings is 1. The summed E-state index contributed by atoms with van der Waals surface area (Å²) >= 11 is 0. The summed E-state index contributed by atoms with van der Waals surface area (Å²) in [4.78, 5) is 14.4. The molecule has 1 aliphatic heterocycles. The number of nitrogens with one attached hydrogen (secondary N) is 1. The van der Waals surface area contributed by atoms with Crippen molar-refractivity contribution < 1.29 is 4.79 Å². The van der Waals surface area contributed by atoms with Crippen molar-refractivity contribution in [2.45, 2.75) is 38.3 Å². The third-order valence-corrected chi connectivity index (χ3v) is 4.97. The minimum absolute atomic E-state index is 0.0120. The van der Waals surface area contributed by atoms with Crippen molar-refractivity contribution in [3.63, 3.8) is 0 Å². The van der Waals surface area contributed by atoms with Gasteiger partial charge in [-0.25, -0.2) is 0 Å². The van der Waals surface area contributed by atoms with Crippen LogP contribution in [0.25, 0.3) is 0 Å². The number of hydrogen-bond donors (Lipinski definition) is 2. The number of aldehydes is 1. The molecule has 1 saturated heterocycles. The largest absolute Gasteiger partial charge is 0.397 e. The van der Waals surface area contributed by atoms with E-state index < -0.39 is 0 Å². The molecule has 0 bridgehead atoms. The highest BCUT2D eigenvalue weighted by molar-refractivity contribution is 5.73. The molecule has 4 nitrogen and oxygen atoms in total. The van der Waals surface area contributed by atoms with Crippen LogP contribution in [0.5, 0.6) is 0 Å². The second-order valence-electron chi connectivity index (χ2n) is 6.85. The topological polar surface area (TPSA) is 58.4 Å². The second-order valence-corrected chi connectivity index (χ2v) is 6.85. The molecule has 2 aromatic carbocycles. The maximum atomic E-state index is 12.0. The highest BCUT2D eigenvalue weighted by Crippen LogP contribution is 2.30. The summed E-state index contributed by atoms with van der Waals surface area (Å²) in [5.74, 6) is 0. The zero-order chi connectivity index (χ0) is 17.6. The SMILES string of the molecule is Cc1ccc(C(C(C=O)Nc2ccccc2N)N2CCCCC2)cc1. The van der Waals surface area contributed by atoms with Gasteiger partial charge in [-0.15, -0.1) is 0 Å². The van der Waals surface area contributed by atoms with Crippen LogP contribution in [-0.4, -0.2) is 30.3 Å². The van der Waals surface area contributed by atoms with Crippen LogP contribution in [0.3, 0.4) is 0 Å². The highest BCUT2D eigenvalue weighted by Gasteiger charge is 2.30. The van der Waals surface area contributed by atoms with Gasteiger partial charge in [-0.05, 0) is 50.6 Å². The summed E-state index contributed by atoms with van der Waals surface area (Å²) in [5, 5.41) is 3.37. The first-order valence-electron chi connectivity index (χ1n) is 9.06. The average Bonchev–Trinajstić information content (AvgIpc) is 2.65. The summed E-state index contributed by atoms with van der Waals surface area (Å²) in [7, 11) is 0. The molecule has 0 amide bonds. The molecule has 4 heteroatoms. The molecule has 3 rings (SSSR count). The Kier molecular flexibility index (Phi) is 5.71. The lowest BCUT2D eigenvalue weighted by atomic mass is 9.95. The molecule has 1 fully saturated rings. The van der Waals surface area contributed by atoms with Crippen molar-refractivity contribution in [2.75, 3.05) is 24.1 Å². The molecule has 1 aliphatic rings. The first-order chi connectivity index (χ1) is 12.2. The molecule has 0 spiro atoms. The molecule has 132 valence electrons. The molecule has 2 unspecified atom stereocenters. The van der Waals surface area contributed by atoms with E-state index in [1.165, 1.54) is 30.4 Å². The number of benzene rings is 2. The Bertz CT molecular complexity index is 693. The molecule has 2 atom stereocenters. The van der Waals surface area contributed by atoms with E-state index >= 15 is 0 Å². The van der Waals surface area contributed by atoms with E-state index in [1.54, 1.807) is 0 Å². The summed E-state index contributed by atoms with van der Waals surface area (Å²) in [6, 6.07) is 15.8. The van der Waals surface area contributed by atoms with E-state index in [9.17, 15) is 4.79 Å². The molecule has 0 aliphatic carbocycles. The average molecular weight is 337 g/mol. The van der Waals surface area contributed by atoms with Gasteiger partial charge >= 0.3 is 0 Å². The summed E-state index contributed by atoms with van der Waals surface area (Å²) in [6.45, 7) is 4.13. The van der Waals surface area contributed by atoms with E-state index in [2.05, 4.69) is 41.4 Å². The maximum absolute atomic E-state index is 12.0. The fourth-order valence-corrected chi connectivity index (χ4v) is 3.60. The van der Waals surface area contributed by atoms with Crippen molar-refractivity contribution >= 4 is 17.7 Å². The van der Waals surface area contributed by atoms with Crippen molar-refractivity contribution in [3.8, 4) is 0 Å². The Labute approximate surface area is 150 Å². The molecule has 3 N–H and O–H groups in total. The van der Waals surface area contributed by atoms with Crippen LogP contribution in [0, 0.1) is 6.92 Å². The van der Waals surface area contributed by atoms with Gasteiger partial charge in [-0.1, -0.05) is 48.4 Å². The van der Waals surface area contributed by atoms with Crippen LogP contribution in [0.15, 0.2) is 48.5 Å². The van der Waals surface area contributed by atoms with E-state index in [1.807, 2.05) is 24.3 Å². The number of aryl methyl sites for hydroxylation is 1. The van der Waals surface area contributed by atoms with Gasteiger partial charge in [-0.3, -0.25) is 4.90 Å². The summed E-state index contributed by atoms with van der Waals surface area (Å²) in [5.41, 5.74) is 9.94. The Hall–Kier alpha value is -2.33. The zero-order valence-electron chi connectivity index (χ0n) is 14.8. The number of likely N-dealkylation sites (tertiary alicyclic amines) is 1. The van der Waals surface area contributed by atoms with E-state index in [-0.39, 0.29) is 12.1 Å². The van der Waals surface area contributed by atoms with Crippen molar-refractivity contribution in [3.05, 3.63) is 59.7 Å². The molecule has 2 aromatic rings. The first-order valence-corrected chi connectivity index (χ1v) is 9.06. The number of para-hydroxylation sites is 2. The predicted molar refractivity (Wildman–Crippen MR) is 104 cm³/mol. The summed E-state index contributed by atoms with van der Waals surface area (Å²) in [6.07, 6.45) is 4.65. The number of hydrogen-bond acceptors (Lipinski definition) is 4. The zero-order valence-corrected chi connectivity index (χ0v) is 14.8. The second kappa shape index (κ2) is 8.17. The number of carbonyl (C=O) groups excluding carboxylic acids is 1. The van der Waals surface area contributed by atoms with Crippen LogP contribution in [-0.2, 0) is 4.79 Å². The third kappa shape index (κ3) is 4.20. The minimum atomic E-state index is -0.342. The van der Waals surface area contributed by atoms with Crippen LogP contribution in [0.1, 0.15) is 36.4 Å². The van der Waals surface area contributed by atoms with Crippen LogP contribution >= 0.6 is 0 Å². The fraction of sp³-hybridized carbons (Fsp3) is 0.381. The van der Waals surface area contributed by atoms with Gasteiger partial charge in [0.15, 0.2) is 0 Å². The Morgan fingerprint density at radius 1 is 1.04 bits per heavy atom. The van der Waals surface area contributed by atoms with Gasteiger partial charge in [-0.2, -0.15) is 0 Å². The number of carbonyl (C=O) groups is 1. The third-order valence-electron chi connectivity index (χ3n) is 4.97. The van der Waals surface area contributed by atoms with Crippen molar-refractivity contribution in [2.24, 2.45) is 0 Å².